The van der Waals surface area contributed by atoms with Gasteiger partial charge in [0, 0.05) is 35.3 Å². The number of imidazole rings is 1. The Morgan fingerprint density at radius 1 is 1.06 bits per heavy atom. The largest absolute Gasteiger partial charge is 0.487 e. The molecule has 7 heteroatoms. The van der Waals surface area contributed by atoms with E-state index in [1.165, 1.54) is 6.39 Å². The number of hydrogen-bond acceptors (Lipinski definition) is 5. The van der Waals surface area contributed by atoms with Crippen LogP contribution in [0.4, 0.5) is 5.69 Å². The number of benzene rings is 2. The molecule has 0 aliphatic rings. The summed E-state index contributed by atoms with van der Waals surface area (Å²) < 4.78 is 13.1. The number of fused-ring (bicyclic) bond motifs is 1. The van der Waals surface area contributed by atoms with Crippen molar-refractivity contribution in [1.29, 1.82) is 0 Å². The number of nitrogens with one attached hydrogen (secondary N) is 1. The minimum Gasteiger partial charge on any atom is -0.487 e. The SMILES string of the molecule is O=C(Nc1cccc(OCc2cn3ccccc3n2)c1)c1ccc(-c2cnco2)cc1. The van der Waals surface area contributed by atoms with Crippen molar-refractivity contribution in [1.82, 2.24) is 14.4 Å². The van der Waals surface area contributed by atoms with E-state index in [1.54, 1.807) is 24.4 Å². The van der Waals surface area contributed by atoms with Crippen molar-refractivity contribution in [2.24, 2.45) is 0 Å². The molecule has 0 unspecified atom stereocenters. The van der Waals surface area contributed by atoms with E-state index in [4.69, 9.17) is 9.15 Å². The van der Waals surface area contributed by atoms with Crippen LogP contribution in [0.2, 0.25) is 0 Å². The van der Waals surface area contributed by atoms with Crippen LogP contribution in [0, 0.1) is 0 Å². The normalized spacial score (nSPS) is 10.8. The summed E-state index contributed by atoms with van der Waals surface area (Å²) in [6.45, 7) is 0.335. The molecule has 5 aromatic rings. The fraction of sp³-hybridized carbons (Fsp3) is 0.0417. The Balaban J connectivity index is 1.24. The van der Waals surface area contributed by atoms with Crippen LogP contribution in [0.3, 0.4) is 0 Å². The number of nitrogens with zero attached hydrogens (tertiary/aromatic N) is 3. The smallest absolute Gasteiger partial charge is 0.255 e. The monoisotopic (exact) mass is 410 g/mol. The van der Waals surface area contributed by atoms with E-state index in [-0.39, 0.29) is 5.91 Å². The predicted octanol–water partition coefficient (Wildman–Crippen LogP) is 4.82. The number of hydrogen-bond donors (Lipinski definition) is 1. The highest BCUT2D eigenvalue weighted by Gasteiger charge is 2.09. The number of carbonyl (C=O) groups excluding carboxylic acids is 1. The molecular weight excluding hydrogens is 392 g/mol. The van der Waals surface area contributed by atoms with Crippen LogP contribution in [0.25, 0.3) is 17.0 Å². The maximum Gasteiger partial charge on any atom is 0.255 e. The van der Waals surface area contributed by atoms with E-state index in [1.807, 2.05) is 65.3 Å². The van der Waals surface area contributed by atoms with Crippen LogP contribution in [0.5, 0.6) is 5.75 Å². The Kier molecular flexibility index (Phi) is 4.90. The Hall–Kier alpha value is -4.39. The van der Waals surface area contributed by atoms with Crippen LogP contribution in [-0.4, -0.2) is 20.3 Å². The maximum absolute atomic E-state index is 12.6. The molecule has 0 atom stereocenters. The molecule has 0 spiro atoms. The number of rotatable bonds is 6. The zero-order valence-corrected chi connectivity index (χ0v) is 16.4. The highest BCUT2D eigenvalue weighted by Crippen LogP contribution is 2.21. The van der Waals surface area contributed by atoms with E-state index < -0.39 is 0 Å². The van der Waals surface area contributed by atoms with E-state index in [0.29, 0.717) is 29.4 Å². The van der Waals surface area contributed by atoms with Gasteiger partial charge in [0.05, 0.1) is 11.9 Å². The molecule has 31 heavy (non-hydrogen) atoms. The first-order valence-electron chi connectivity index (χ1n) is 9.70. The molecule has 0 aliphatic heterocycles. The van der Waals surface area contributed by atoms with Gasteiger partial charge in [0.25, 0.3) is 5.91 Å². The second kappa shape index (κ2) is 8.16. The van der Waals surface area contributed by atoms with Crippen LogP contribution in [-0.2, 0) is 6.61 Å². The van der Waals surface area contributed by atoms with Gasteiger partial charge in [-0.1, -0.05) is 24.3 Å². The average molecular weight is 410 g/mol. The molecule has 0 fully saturated rings. The summed E-state index contributed by atoms with van der Waals surface area (Å²) in [5, 5.41) is 2.90. The van der Waals surface area contributed by atoms with Crippen LogP contribution < -0.4 is 10.1 Å². The number of oxazole rings is 1. The molecule has 0 saturated heterocycles. The van der Waals surface area contributed by atoms with Gasteiger partial charge in [-0.15, -0.1) is 0 Å². The summed E-state index contributed by atoms with van der Waals surface area (Å²) >= 11 is 0. The Morgan fingerprint density at radius 3 is 2.77 bits per heavy atom. The van der Waals surface area contributed by atoms with Crippen molar-refractivity contribution in [3.05, 3.63) is 103 Å². The first kappa shape index (κ1) is 18.6. The van der Waals surface area contributed by atoms with Gasteiger partial charge in [-0.25, -0.2) is 9.97 Å². The summed E-state index contributed by atoms with van der Waals surface area (Å²) in [4.78, 5) is 21.0. The van der Waals surface area contributed by atoms with E-state index in [9.17, 15) is 4.79 Å². The van der Waals surface area contributed by atoms with E-state index in [2.05, 4.69) is 15.3 Å². The maximum atomic E-state index is 12.6. The lowest BCUT2D eigenvalue weighted by atomic mass is 10.1. The summed E-state index contributed by atoms with van der Waals surface area (Å²) in [6.07, 6.45) is 6.89. The molecule has 152 valence electrons. The molecule has 7 nitrogen and oxygen atoms in total. The minimum absolute atomic E-state index is 0.207. The number of aromatic nitrogens is 3. The highest BCUT2D eigenvalue weighted by atomic mass is 16.5. The predicted molar refractivity (Wildman–Crippen MR) is 116 cm³/mol. The summed E-state index contributed by atoms with van der Waals surface area (Å²) in [5.74, 6) is 1.10. The zero-order valence-electron chi connectivity index (χ0n) is 16.4. The van der Waals surface area contributed by atoms with E-state index >= 15 is 0 Å². The third-order valence-electron chi connectivity index (χ3n) is 4.76. The Morgan fingerprint density at radius 2 is 1.97 bits per heavy atom. The molecule has 2 aromatic carbocycles. The lowest BCUT2D eigenvalue weighted by Crippen LogP contribution is -2.11. The van der Waals surface area contributed by atoms with Crippen molar-refractivity contribution < 1.29 is 13.9 Å². The van der Waals surface area contributed by atoms with Crippen molar-refractivity contribution in [3.8, 4) is 17.1 Å². The Labute approximate surface area is 178 Å². The summed E-state index contributed by atoms with van der Waals surface area (Å²) in [7, 11) is 0. The molecule has 0 radical (unpaired) electrons. The quantitative estimate of drug-likeness (QED) is 0.434. The second-order valence-electron chi connectivity index (χ2n) is 6.91. The fourth-order valence-electron chi connectivity index (χ4n) is 3.23. The van der Waals surface area contributed by atoms with Crippen molar-refractivity contribution >= 4 is 17.2 Å². The van der Waals surface area contributed by atoms with Crippen molar-refractivity contribution in [2.75, 3.05) is 5.32 Å². The van der Waals surface area contributed by atoms with Crippen molar-refractivity contribution in [3.63, 3.8) is 0 Å². The molecule has 0 aliphatic carbocycles. The van der Waals surface area contributed by atoms with Gasteiger partial charge in [0.15, 0.2) is 12.2 Å². The second-order valence-corrected chi connectivity index (χ2v) is 6.91. The van der Waals surface area contributed by atoms with Gasteiger partial charge in [-0.3, -0.25) is 4.79 Å². The third-order valence-corrected chi connectivity index (χ3v) is 4.76. The third kappa shape index (κ3) is 4.16. The Bertz CT molecular complexity index is 1290. The molecule has 1 amide bonds. The number of carbonyl (C=O) groups is 1. The number of anilines is 1. The molecule has 3 aromatic heterocycles. The topological polar surface area (TPSA) is 81.7 Å². The molecule has 0 bridgehead atoms. The molecule has 5 rings (SSSR count). The lowest BCUT2D eigenvalue weighted by Gasteiger charge is -2.09. The van der Waals surface area contributed by atoms with Crippen LogP contribution in [0.15, 0.2) is 96.1 Å². The zero-order chi connectivity index (χ0) is 21.0. The first-order chi connectivity index (χ1) is 15.2. The van der Waals surface area contributed by atoms with Gasteiger partial charge in [-0.05, 0) is 36.4 Å². The highest BCUT2D eigenvalue weighted by molar-refractivity contribution is 6.04. The molecule has 0 saturated carbocycles. The number of ether oxygens (including phenoxy) is 1. The summed E-state index contributed by atoms with van der Waals surface area (Å²) in [5.41, 5.74) is 3.75. The van der Waals surface area contributed by atoms with Crippen molar-refractivity contribution in [2.45, 2.75) is 6.61 Å². The van der Waals surface area contributed by atoms with Gasteiger partial charge in [0.1, 0.15) is 18.0 Å². The van der Waals surface area contributed by atoms with Gasteiger partial charge < -0.3 is 18.9 Å². The van der Waals surface area contributed by atoms with Gasteiger partial charge in [0.2, 0.25) is 0 Å². The number of amides is 1. The van der Waals surface area contributed by atoms with E-state index in [0.717, 1.165) is 16.9 Å². The summed E-state index contributed by atoms with van der Waals surface area (Å²) in [6, 6.07) is 20.3. The molecule has 3 heterocycles. The minimum atomic E-state index is -0.207. The lowest BCUT2D eigenvalue weighted by molar-refractivity contribution is 0.102. The molecule has 1 N–H and O–H groups in total. The first-order valence-corrected chi connectivity index (χ1v) is 9.70. The molecular formula is C24H18N4O3. The number of pyridine rings is 1. The fourth-order valence-corrected chi connectivity index (χ4v) is 3.23. The van der Waals surface area contributed by atoms with Crippen LogP contribution in [0.1, 0.15) is 16.1 Å². The van der Waals surface area contributed by atoms with Crippen LogP contribution >= 0.6 is 0 Å². The standard InChI is InChI=1S/C24H18N4O3/c29-24(18-9-7-17(8-10-18)22-13-25-16-31-22)27-19-4-3-5-21(12-19)30-15-20-14-28-11-2-1-6-23(28)26-20/h1-14,16H,15H2,(H,27,29). The average Bonchev–Trinajstić information content (AvgIpc) is 3.48. The van der Waals surface area contributed by atoms with Gasteiger partial charge >= 0.3 is 0 Å². The van der Waals surface area contributed by atoms with Gasteiger partial charge in [-0.2, -0.15) is 0 Å².